The maximum absolute atomic E-state index is 11.9. The number of carbonyl (C=O) groups is 1. The smallest absolute Gasteiger partial charge is 0.176 e. The number of rotatable bonds is 4. The summed E-state index contributed by atoms with van der Waals surface area (Å²) in [5, 5.41) is 0. The van der Waals surface area contributed by atoms with Crippen LogP contribution in [0.2, 0.25) is 0 Å². The second kappa shape index (κ2) is 5.30. The van der Waals surface area contributed by atoms with Crippen molar-refractivity contribution in [1.29, 1.82) is 0 Å². The highest BCUT2D eigenvalue weighted by molar-refractivity contribution is 9.10. The highest BCUT2D eigenvalue weighted by Gasteiger charge is 2.21. The summed E-state index contributed by atoms with van der Waals surface area (Å²) in [7, 11) is 0. The van der Waals surface area contributed by atoms with Gasteiger partial charge >= 0.3 is 0 Å². The van der Waals surface area contributed by atoms with Crippen molar-refractivity contribution < 1.29 is 4.79 Å². The van der Waals surface area contributed by atoms with Crippen LogP contribution < -0.4 is 0 Å². The lowest BCUT2D eigenvalue weighted by atomic mass is 9.98. The molecule has 2 unspecified atom stereocenters. The lowest BCUT2D eigenvalue weighted by Crippen LogP contribution is -2.21. The van der Waals surface area contributed by atoms with Gasteiger partial charge in [0, 0.05) is 5.56 Å². The van der Waals surface area contributed by atoms with Gasteiger partial charge in [0.15, 0.2) is 5.78 Å². The van der Waals surface area contributed by atoms with Crippen LogP contribution in [-0.4, -0.2) is 10.6 Å². The molecule has 0 amide bonds. The van der Waals surface area contributed by atoms with Gasteiger partial charge in [0.1, 0.15) is 0 Å². The van der Waals surface area contributed by atoms with Crippen LogP contribution in [0.1, 0.15) is 30.6 Å². The summed E-state index contributed by atoms with van der Waals surface area (Å²) in [5.41, 5.74) is 0.787. The van der Waals surface area contributed by atoms with Crippen molar-refractivity contribution in [3.8, 4) is 0 Å². The fraction of sp³-hybridized carbons (Fsp3) is 0.417. The van der Waals surface area contributed by atoms with Crippen molar-refractivity contribution in [2.24, 2.45) is 5.92 Å². The molecule has 2 atom stereocenters. The molecule has 1 aromatic carbocycles. The summed E-state index contributed by atoms with van der Waals surface area (Å²) in [4.78, 5) is 11.8. The Morgan fingerprint density at radius 1 is 1.36 bits per heavy atom. The van der Waals surface area contributed by atoms with Gasteiger partial charge in [-0.2, -0.15) is 0 Å². The van der Waals surface area contributed by atoms with Gasteiger partial charge in [-0.25, -0.2) is 0 Å². The number of halogens is 1. The zero-order chi connectivity index (χ0) is 10.6. The van der Waals surface area contributed by atoms with Gasteiger partial charge in [-0.3, -0.25) is 4.79 Å². The fourth-order valence-electron chi connectivity index (χ4n) is 1.23. The molecule has 76 valence electrons. The highest BCUT2D eigenvalue weighted by atomic mass is 79.9. The molecule has 1 rings (SSSR count). The van der Waals surface area contributed by atoms with E-state index in [1.807, 2.05) is 30.3 Å². The molecule has 0 aliphatic rings. The van der Waals surface area contributed by atoms with Gasteiger partial charge in [0.25, 0.3) is 0 Å². The maximum atomic E-state index is 11.9. The molecule has 0 fully saturated rings. The Labute approximate surface area is 93.7 Å². The Morgan fingerprint density at radius 3 is 2.43 bits per heavy atom. The van der Waals surface area contributed by atoms with E-state index in [-0.39, 0.29) is 10.6 Å². The van der Waals surface area contributed by atoms with Crippen LogP contribution in [0.25, 0.3) is 0 Å². The minimum absolute atomic E-state index is 0.0603. The predicted octanol–water partition coefficient (Wildman–Crippen LogP) is 3.68. The minimum atomic E-state index is -0.0603. The average Bonchev–Trinajstić information content (AvgIpc) is 2.27. The maximum Gasteiger partial charge on any atom is 0.176 e. The van der Waals surface area contributed by atoms with Crippen molar-refractivity contribution in [3.63, 3.8) is 0 Å². The molecule has 14 heavy (non-hydrogen) atoms. The van der Waals surface area contributed by atoms with Crippen LogP contribution in [0.4, 0.5) is 0 Å². The van der Waals surface area contributed by atoms with Crippen molar-refractivity contribution in [2.75, 3.05) is 0 Å². The first kappa shape index (κ1) is 11.4. The Bertz CT molecular complexity index is 294. The molecule has 0 spiro atoms. The molecule has 0 saturated carbocycles. The van der Waals surface area contributed by atoms with E-state index in [9.17, 15) is 4.79 Å². The molecule has 1 aromatic rings. The predicted molar refractivity (Wildman–Crippen MR) is 62.9 cm³/mol. The molecule has 2 heteroatoms. The molecule has 0 heterocycles. The Balaban J connectivity index is 2.76. The number of Topliss-reactive ketones (excluding diaryl/α,β-unsaturated/α-hetero) is 1. The molecule has 1 nitrogen and oxygen atoms in total. The molecule has 0 radical (unpaired) electrons. The zero-order valence-electron chi connectivity index (χ0n) is 8.53. The third-order valence-corrected chi connectivity index (χ3v) is 3.77. The number of benzene rings is 1. The van der Waals surface area contributed by atoms with E-state index in [2.05, 4.69) is 29.8 Å². The Morgan fingerprint density at radius 2 is 1.93 bits per heavy atom. The number of hydrogen-bond donors (Lipinski definition) is 0. The average molecular weight is 255 g/mol. The summed E-state index contributed by atoms with van der Waals surface area (Å²) in [6.07, 6.45) is 1.01. The Kier molecular flexibility index (Phi) is 4.33. The summed E-state index contributed by atoms with van der Waals surface area (Å²) < 4.78 is 0. The summed E-state index contributed by atoms with van der Waals surface area (Å²) in [6, 6.07) is 9.42. The van der Waals surface area contributed by atoms with Crippen LogP contribution in [0, 0.1) is 5.92 Å². The van der Waals surface area contributed by atoms with Gasteiger partial charge in [-0.1, -0.05) is 66.5 Å². The highest BCUT2D eigenvalue weighted by Crippen LogP contribution is 2.20. The Hall–Kier alpha value is -0.630. The quantitative estimate of drug-likeness (QED) is 0.592. The SMILES string of the molecule is CCC(C)C(Br)C(=O)c1ccccc1. The van der Waals surface area contributed by atoms with Crippen LogP contribution in [-0.2, 0) is 0 Å². The van der Waals surface area contributed by atoms with Gasteiger partial charge in [-0.15, -0.1) is 0 Å². The molecule has 0 bridgehead atoms. The van der Waals surface area contributed by atoms with Gasteiger partial charge in [0.05, 0.1) is 4.83 Å². The second-order valence-corrected chi connectivity index (χ2v) is 4.50. The third-order valence-electron chi connectivity index (χ3n) is 2.45. The summed E-state index contributed by atoms with van der Waals surface area (Å²) >= 11 is 3.46. The van der Waals surface area contributed by atoms with E-state index in [1.54, 1.807) is 0 Å². The van der Waals surface area contributed by atoms with E-state index < -0.39 is 0 Å². The van der Waals surface area contributed by atoms with Crippen molar-refractivity contribution in [3.05, 3.63) is 35.9 Å². The van der Waals surface area contributed by atoms with E-state index in [0.717, 1.165) is 12.0 Å². The normalized spacial score (nSPS) is 14.8. The van der Waals surface area contributed by atoms with Gasteiger partial charge < -0.3 is 0 Å². The second-order valence-electron chi connectivity index (χ2n) is 3.52. The molecular weight excluding hydrogens is 240 g/mol. The first-order chi connectivity index (χ1) is 6.66. The summed E-state index contributed by atoms with van der Waals surface area (Å²) in [5.74, 6) is 0.558. The first-order valence-electron chi connectivity index (χ1n) is 4.90. The topological polar surface area (TPSA) is 17.1 Å². The standard InChI is InChI=1S/C12H15BrO/c1-3-9(2)11(13)12(14)10-7-5-4-6-8-10/h4-9,11H,3H2,1-2H3. The number of carbonyl (C=O) groups excluding carboxylic acids is 1. The van der Waals surface area contributed by atoms with E-state index in [1.165, 1.54) is 0 Å². The molecule has 0 aliphatic heterocycles. The lowest BCUT2D eigenvalue weighted by molar-refractivity contribution is 0.0974. The van der Waals surface area contributed by atoms with E-state index in [4.69, 9.17) is 0 Å². The largest absolute Gasteiger partial charge is 0.293 e. The monoisotopic (exact) mass is 254 g/mol. The molecular formula is C12H15BrO. The molecule has 0 saturated heterocycles. The van der Waals surface area contributed by atoms with E-state index >= 15 is 0 Å². The van der Waals surface area contributed by atoms with Crippen molar-refractivity contribution in [2.45, 2.75) is 25.1 Å². The van der Waals surface area contributed by atoms with E-state index in [0.29, 0.717) is 5.92 Å². The van der Waals surface area contributed by atoms with Crippen LogP contribution >= 0.6 is 15.9 Å². The minimum Gasteiger partial charge on any atom is -0.293 e. The van der Waals surface area contributed by atoms with Crippen LogP contribution in [0.5, 0.6) is 0 Å². The molecule has 0 aliphatic carbocycles. The van der Waals surface area contributed by atoms with Crippen LogP contribution in [0.15, 0.2) is 30.3 Å². The van der Waals surface area contributed by atoms with Crippen molar-refractivity contribution in [1.82, 2.24) is 0 Å². The lowest BCUT2D eigenvalue weighted by Gasteiger charge is -2.14. The summed E-state index contributed by atoms with van der Waals surface area (Å²) in [6.45, 7) is 4.18. The fourth-order valence-corrected chi connectivity index (χ4v) is 1.87. The van der Waals surface area contributed by atoms with Crippen molar-refractivity contribution >= 4 is 21.7 Å². The third kappa shape index (κ3) is 2.68. The van der Waals surface area contributed by atoms with Gasteiger partial charge in [0.2, 0.25) is 0 Å². The molecule has 0 N–H and O–H groups in total. The van der Waals surface area contributed by atoms with Gasteiger partial charge in [-0.05, 0) is 5.92 Å². The van der Waals surface area contributed by atoms with Crippen LogP contribution in [0.3, 0.4) is 0 Å². The zero-order valence-corrected chi connectivity index (χ0v) is 10.1. The number of ketones is 1. The first-order valence-corrected chi connectivity index (χ1v) is 5.81. The number of alkyl halides is 1. The number of hydrogen-bond acceptors (Lipinski definition) is 1. The molecule has 0 aromatic heterocycles.